The molecule has 3 aliphatic rings. The molecule has 1 unspecified atom stereocenters. The number of amides is 1. The van der Waals surface area contributed by atoms with Crippen molar-refractivity contribution in [3.8, 4) is 0 Å². The molecule has 2 heterocycles. The zero-order valence-corrected chi connectivity index (χ0v) is 10.4. The van der Waals surface area contributed by atoms with Gasteiger partial charge >= 0.3 is 0 Å². The number of guanidine groups is 1. The van der Waals surface area contributed by atoms with E-state index in [-0.39, 0.29) is 11.5 Å². The molecular weight excluding hydrogens is 218 g/mol. The molecule has 2 N–H and O–H groups in total. The molecular formula is C12H19N3O2. The SMILES string of the molecule is CC1(C)CC2(CCO1)NC(=NC1CC1)NC2=O. The van der Waals surface area contributed by atoms with Crippen LogP contribution in [0.1, 0.15) is 39.5 Å². The summed E-state index contributed by atoms with van der Waals surface area (Å²) in [5.74, 6) is 0.712. The van der Waals surface area contributed by atoms with Crippen molar-refractivity contribution in [1.29, 1.82) is 0 Å². The molecule has 0 radical (unpaired) electrons. The molecule has 1 spiro atoms. The van der Waals surface area contributed by atoms with Gasteiger partial charge in [-0.25, -0.2) is 4.99 Å². The van der Waals surface area contributed by atoms with E-state index in [1.807, 2.05) is 13.8 Å². The molecule has 2 aliphatic heterocycles. The fraction of sp³-hybridized carbons (Fsp3) is 0.833. The monoisotopic (exact) mass is 237 g/mol. The maximum absolute atomic E-state index is 12.1. The highest BCUT2D eigenvalue weighted by Gasteiger charge is 2.51. The number of carbonyl (C=O) groups excluding carboxylic acids is 1. The van der Waals surface area contributed by atoms with Crippen LogP contribution in [0.15, 0.2) is 4.99 Å². The predicted octanol–water partition coefficient (Wildman–Crippen LogP) is 0.552. The van der Waals surface area contributed by atoms with E-state index in [4.69, 9.17) is 4.74 Å². The summed E-state index contributed by atoms with van der Waals surface area (Å²) in [6.07, 6.45) is 3.69. The van der Waals surface area contributed by atoms with E-state index >= 15 is 0 Å². The lowest BCUT2D eigenvalue weighted by Crippen LogP contribution is -2.56. The number of carbonyl (C=O) groups is 1. The zero-order valence-electron chi connectivity index (χ0n) is 10.4. The van der Waals surface area contributed by atoms with Gasteiger partial charge in [0.1, 0.15) is 5.54 Å². The van der Waals surface area contributed by atoms with Crippen molar-refractivity contribution in [2.45, 2.75) is 56.7 Å². The summed E-state index contributed by atoms with van der Waals surface area (Å²) >= 11 is 0. The standard InChI is InChI=1S/C12H19N3O2/c1-11(2)7-12(5-6-17-11)9(16)14-10(15-12)13-8-3-4-8/h8H,3-7H2,1-2H3,(H2,13,14,15,16). The first-order chi connectivity index (χ1) is 7.99. The Hall–Kier alpha value is -1.10. The quantitative estimate of drug-likeness (QED) is 0.700. The van der Waals surface area contributed by atoms with E-state index in [9.17, 15) is 4.79 Å². The molecule has 1 amide bonds. The van der Waals surface area contributed by atoms with Gasteiger partial charge in [-0.15, -0.1) is 0 Å². The van der Waals surface area contributed by atoms with Crippen molar-refractivity contribution in [2.75, 3.05) is 6.61 Å². The first-order valence-corrected chi connectivity index (χ1v) is 6.31. The number of ether oxygens (including phenoxy) is 1. The van der Waals surface area contributed by atoms with Crippen molar-refractivity contribution in [3.63, 3.8) is 0 Å². The van der Waals surface area contributed by atoms with Gasteiger partial charge in [0.2, 0.25) is 0 Å². The summed E-state index contributed by atoms with van der Waals surface area (Å²) < 4.78 is 5.67. The Morgan fingerprint density at radius 1 is 1.41 bits per heavy atom. The van der Waals surface area contributed by atoms with Gasteiger partial charge in [0.15, 0.2) is 5.96 Å². The third kappa shape index (κ3) is 2.04. The second kappa shape index (κ2) is 3.45. The minimum atomic E-state index is -0.504. The lowest BCUT2D eigenvalue weighted by molar-refractivity contribution is -0.136. The summed E-state index contributed by atoms with van der Waals surface area (Å²) in [6.45, 7) is 4.67. The van der Waals surface area contributed by atoms with Crippen LogP contribution in [0.3, 0.4) is 0 Å². The second-order valence-electron chi connectivity index (χ2n) is 5.91. The molecule has 1 saturated carbocycles. The van der Waals surface area contributed by atoms with Gasteiger partial charge < -0.3 is 10.1 Å². The maximum atomic E-state index is 12.1. The molecule has 1 aliphatic carbocycles. The maximum Gasteiger partial charge on any atom is 0.252 e. The zero-order chi connectivity index (χ0) is 12.1. The molecule has 5 heteroatoms. The van der Waals surface area contributed by atoms with Crippen LogP contribution in [0.4, 0.5) is 0 Å². The van der Waals surface area contributed by atoms with E-state index in [1.54, 1.807) is 0 Å². The lowest BCUT2D eigenvalue weighted by atomic mass is 9.81. The van der Waals surface area contributed by atoms with Crippen LogP contribution >= 0.6 is 0 Å². The third-order valence-corrected chi connectivity index (χ3v) is 3.63. The van der Waals surface area contributed by atoms with Gasteiger partial charge in [-0.3, -0.25) is 10.1 Å². The van der Waals surface area contributed by atoms with Gasteiger partial charge in [-0.1, -0.05) is 0 Å². The van der Waals surface area contributed by atoms with Crippen LogP contribution in [0.2, 0.25) is 0 Å². The molecule has 5 nitrogen and oxygen atoms in total. The van der Waals surface area contributed by atoms with Crippen LogP contribution in [-0.4, -0.2) is 35.7 Å². The number of rotatable bonds is 1. The van der Waals surface area contributed by atoms with E-state index in [0.29, 0.717) is 31.4 Å². The highest BCUT2D eigenvalue weighted by Crippen LogP contribution is 2.34. The number of nitrogens with one attached hydrogen (secondary N) is 2. The van der Waals surface area contributed by atoms with Crippen molar-refractivity contribution in [2.24, 2.45) is 4.99 Å². The van der Waals surface area contributed by atoms with Crippen LogP contribution in [0, 0.1) is 0 Å². The summed E-state index contributed by atoms with van der Waals surface area (Å²) in [7, 11) is 0. The average molecular weight is 237 g/mol. The Bertz CT molecular complexity index is 387. The summed E-state index contributed by atoms with van der Waals surface area (Å²) in [6, 6.07) is 0.417. The summed E-state index contributed by atoms with van der Waals surface area (Å²) in [5.41, 5.74) is -0.757. The molecule has 2 saturated heterocycles. The average Bonchev–Trinajstić information content (AvgIpc) is 2.94. The van der Waals surface area contributed by atoms with Gasteiger partial charge in [-0.2, -0.15) is 0 Å². The fourth-order valence-electron chi connectivity index (χ4n) is 2.66. The van der Waals surface area contributed by atoms with Crippen LogP contribution in [-0.2, 0) is 9.53 Å². The van der Waals surface area contributed by atoms with Crippen molar-refractivity contribution in [1.82, 2.24) is 10.6 Å². The molecule has 3 fully saturated rings. The topological polar surface area (TPSA) is 62.7 Å². The molecule has 3 rings (SSSR count). The number of nitrogens with zero attached hydrogens (tertiary/aromatic N) is 1. The predicted molar refractivity (Wildman–Crippen MR) is 63.7 cm³/mol. The number of aliphatic imine (C=N–C) groups is 1. The molecule has 17 heavy (non-hydrogen) atoms. The van der Waals surface area contributed by atoms with Crippen LogP contribution in [0.5, 0.6) is 0 Å². The molecule has 0 aromatic rings. The number of hydrogen-bond donors (Lipinski definition) is 2. The molecule has 1 atom stereocenters. The smallest absolute Gasteiger partial charge is 0.252 e. The minimum Gasteiger partial charge on any atom is -0.375 e. The van der Waals surface area contributed by atoms with E-state index < -0.39 is 5.54 Å². The van der Waals surface area contributed by atoms with Gasteiger partial charge in [0.25, 0.3) is 5.91 Å². The highest BCUT2D eigenvalue weighted by molar-refractivity contribution is 6.09. The second-order valence-corrected chi connectivity index (χ2v) is 5.91. The first-order valence-electron chi connectivity index (χ1n) is 6.31. The van der Waals surface area contributed by atoms with E-state index in [1.165, 1.54) is 0 Å². The highest BCUT2D eigenvalue weighted by atomic mass is 16.5. The van der Waals surface area contributed by atoms with Gasteiger partial charge in [-0.05, 0) is 26.7 Å². The first kappa shape index (κ1) is 11.0. The Labute approximate surface area is 101 Å². The Balaban J connectivity index is 1.80. The summed E-state index contributed by atoms with van der Waals surface area (Å²) in [4.78, 5) is 16.6. The molecule has 0 aromatic heterocycles. The van der Waals surface area contributed by atoms with Crippen LogP contribution < -0.4 is 10.6 Å². The largest absolute Gasteiger partial charge is 0.375 e. The van der Waals surface area contributed by atoms with Crippen molar-refractivity contribution in [3.05, 3.63) is 0 Å². The Morgan fingerprint density at radius 3 is 2.82 bits per heavy atom. The van der Waals surface area contributed by atoms with E-state index in [2.05, 4.69) is 15.6 Å². The number of hydrogen-bond acceptors (Lipinski definition) is 3. The van der Waals surface area contributed by atoms with E-state index in [0.717, 1.165) is 12.8 Å². The Morgan fingerprint density at radius 2 is 2.18 bits per heavy atom. The molecule has 94 valence electrons. The Kier molecular flexibility index (Phi) is 2.23. The molecule has 0 bridgehead atoms. The van der Waals surface area contributed by atoms with Gasteiger partial charge in [0.05, 0.1) is 18.2 Å². The molecule has 0 aromatic carbocycles. The van der Waals surface area contributed by atoms with Gasteiger partial charge in [0, 0.05) is 12.8 Å². The fourth-order valence-corrected chi connectivity index (χ4v) is 2.66. The normalized spacial score (nSPS) is 38.2. The van der Waals surface area contributed by atoms with Crippen LogP contribution in [0.25, 0.3) is 0 Å². The lowest BCUT2D eigenvalue weighted by Gasteiger charge is -2.40. The third-order valence-electron chi connectivity index (χ3n) is 3.63. The summed E-state index contributed by atoms with van der Waals surface area (Å²) in [5, 5.41) is 6.16. The van der Waals surface area contributed by atoms with Crippen molar-refractivity contribution >= 4 is 11.9 Å². The van der Waals surface area contributed by atoms with Crippen molar-refractivity contribution < 1.29 is 9.53 Å². The minimum absolute atomic E-state index is 0.0493.